The van der Waals surface area contributed by atoms with Crippen LogP contribution in [0.5, 0.6) is 0 Å². The number of hydrogen-bond acceptors (Lipinski definition) is 3. The number of hydrogen-bond donors (Lipinski definition) is 0. The number of rotatable bonds is 3. The van der Waals surface area contributed by atoms with E-state index in [2.05, 4.69) is 50.8 Å². The van der Waals surface area contributed by atoms with Gasteiger partial charge in [-0.1, -0.05) is 31.5 Å². The lowest BCUT2D eigenvalue weighted by molar-refractivity contribution is -0.142. The predicted molar refractivity (Wildman–Crippen MR) is 86.9 cm³/mol. The van der Waals surface area contributed by atoms with Crippen LogP contribution in [0.15, 0.2) is 18.2 Å². The molecule has 1 aromatic rings. The molecule has 2 atom stereocenters. The summed E-state index contributed by atoms with van der Waals surface area (Å²) in [5.74, 6) is 0.355. The van der Waals surface area contributed by atoms with Crippen LogP contribution in [0.25, 0.3) is 0 Å². The number of carbonyl (C=O) groups is 1. The summed E-state index contributed by atoms with van der Waals surface area (Å²) in [4.78, 5) is 14.5. The number of carbonyl (C=O) groups excluding carboxylic acids is 1. The van der Waals surface area contributed by atoms with E-state index in [1.165, 1.54) is 23.9 Å². The molecule has 0 aliphatic carbocycles. The smallest absolute Gasteiger partial charge is 0.328 e. The summed E-state index contributed by atoms with van der Waals surface area (Å²) in [5, 5.41) is 0. The van der Waals surface area contributed by atoms with Gasteiger partial charge >= 0.3 is 5.97 Å². The Morgan fingerprint density at radius 2 is 2.14 bits per heavy atom. The number of methoxy groups -OCH3 is 1. The van der Waals surface area contributed by atoms with Crippen molar-refractivity contribution in [3.8, 4) is 0 Å². The van der Waals surface area contributed by atoms with Crippen molar-refractivity contribution < 1.29 is 9.53 Å². The molecular formula is C18H27NO2. The molecule has 3 heteroatoms. The van der Waals surface area contributed by atoms with E-state index in [0.29, 0.717) is 5.92 Å². The summed E-state index contributed by atoms with van der Waals surface area (Å²) in [6.45, 7) is 10.9. The summed E-state index contributed by atoms with van der Waals surface area (Å²) >= 11 is 0. The maximum atomic E-state index is 12.2. The number of nitrogens with zero attached hydrogens (tertiary/aromatic N) is 1. The monoisotopic (exact) mass is 289 g/mol. The molecule has 0 fully saturated rings. The van der Waals surface area contributed by atoms with Crippen LogP contribution in [0.1, 0.15) is 57.6 Å². The summed E-state index contributed by atoms with van der Waals surface area (Å²) < 4.78 is 5.03. The Hall–Kier alpha value is -1.51. The first kappa shape index (κ1) is 15.9. The van der Waals surface area contributed by atoms with Gasteiger partial charge in [0.1, 0.15) is 6.04 Å². The number of anilines is 1. The Labute approximate surface area is 128 Å². The number of aryl methyl sites for hydroxylation is 1. The van der Waals surface area contributed by atoms with Crippen LogP contribution in [0, 0.1) is 6.92 Å². The highest BCUT2D eigenvalue weighted by molar-refractivity contribution is 5.81. The third-order valence-corrected chi connectivity index (χ3v) is 4.60. The SMILES string of the molecule is CC[C@H](C(=O)OC)N1c2ccc(C)cc2[C@@H](C)CC1(C)C. The first-order valence-electron chi connectivity index (χ1n) is 7.79. The normalized spacial score (nSPS) is 21.6. The lowest BCUT2D eigenvalue weighted by Gasteiger charge is -2.50. The maximum Gasteiger partial charge on any atom is 0.328 e. The van der Waals surface area contributed by atoms with Gasteiger partial charge in [0.2, 0.25) is 0 Å². The highest BCUT2D eigenvalue weighted by atomic mass is 16.5. The second kappa shape index (κ2) is 5.70. The molecule has 2 rings (SSSR count). The lowest BCUT2D eigenvalue weighted by Crippen LogP contribution is -2.56. The van der Waals surface area contributed by atoms with Gasteiger partial charge in [-0.25, -0.2) is 4.79 Å². The molecule has 0 saturated carbocycles. The van der Waals surface area contributed by atoms with Crippen molar-refractivity contribution in [3.63, 3.8) is 0 Å². The van der Waals surface area contributed by atoms with Crippen molar-refractivity contribution in [2.75, 3.05) is 12.0 Å². The number of benzene rings is 1. The quantitative estimate of drug-likeness (QED) is 0.787. The third-order valence-electron chi connectivity index (χ3n) is 4.60. The molecule has 1 aliphatic heterocycles. The fraction of sp³-hybridized carbons (Fsp3) is 0.611. The molecule has 0 saturated heterocycles. The van der Waals surface area contributed by atoms with Crippen molar-refractivity contribution in [2.45, 2.75) is 65.0 Å². The summed E-state index contributed by atoms with van der Waals surface area (Å²) in [6, 6.07) is 6.32. The zero-order valence-corrected chi connectivity index (χ0v) is 14.1. The Morgan fingerprint density at radius 3 is 2.71 bits per heavy atom. The average Bonchev–Trinajstić information content (AvgIpc) is 2.42. The molecule has 21 heavy (non-hydrogen) atoms. The highest BCUT2D eigenvalue weighted by Gasteiger charge is 2.42. The fourth-order valence-electron chi connectivity index (χ4n) is 3.75. The van der Waals surface area contributed by atoms with Crippen LogP contribution in [-0.4, -0.2) is 24.7 Å². The number of fused-ring (bicyclic) bond motifs is 1. The lowest BCUT2D eigenvalue weighted by atomic mass is 9.78. The van der Waals surface area contributed by atoms with Gasteiger partial charge in [-0.2, -0.15) is 0 Å². The number of esters is 1. The fourth-order valence-corrected chi connectivity index (χ4v) is 3.75. The van der Waals surface area contributed by atoms with E-state index in [9.17, 15) is 4.79 Å². The van der Waals surface area contributed by atoms with Gasteiger partial charge in [0.05, 0.1) is 7.11 Å². The molecule has 3 nitrogen and oxygen atoms in total. The van der Waals surface area contributed by atoms with Gasteiger partial charge < -0.3 is 9.64 Å². The first-order chi connectivity index (χ1) is 9.81. The van der Waals surface area contributed by atoms with Crippen molar-refractivity contribution in [3.05, 3.63) is 29.3 Å². The molecule has 1 aliphatic rings. The molecule has 116 valence electrons. The molecule has 0 aromatic heterocycles. The molecule has 1 aromatic carbocycles. The van der Waals surface area contributed by atoms with Crippen LogP contribution in [0.4, 0.5) is 5.69 Å². The molecule has 0 spiro atoms. The predicted octanol–water partition coefficient (Wildman–Crippen LogP) is 4.04. The molecule has 0 N–H and O–H groups in total. The van der Waals surface area contributed by atoms with E-state index in [1.807, 2.05) is 6.92 Å². The molecule has 0 bridgehead atoms. The average molecular weight is 289 g/mol. The molecule has 1 heterocycles. The van der Waals surface area contributed by atoms with E-state index in [0.717, 1.165) is 12.8 Å². The molecular weight excluding hydrogens is 262 g/mol. The Kier molecular flexibility index (Phi) is 4.31. The summed E-state index contributed by atoms with van der Waals surface area (Å²) in [7, 11) is 1.47. The van der Waals surface area contributed by atoms with Crippen molar-refractivity contribution >= 4 is 11.7 Å². The van der Waals surface area contributed by atoms with Crippen LogP contribution < -0.4 is 4.90 Å². The summed E-state index contributed by atoms with van der Waals surface area (Å²) in [5.41, 5.74) is 3.74. The largest absolute Gasteiger partial charge is 0.467 e. The van der Waals surface area contributed by atoms with Crippen molar-refractivity contribution in [1.82, 2.24) is 0 Å². The Bertz CT molecular complexity index is 536. The molecule has 0 amide bonds. The minimum Gasteiger partial charge on any atom is -0.467 e. The van der Waals surface area contributed by atoms with Crippen LogP contribution in [-0.2, 0) is 9.53 Å². The Morgan fingerprint density at radius 1 is 1.48 bits per heavy atom. The van der Waals surface area contributed by atoms with Crippen LogP contribution >= 0.6 is 0 Å². The van der Waals surface area contributed by atoms with E-state index in [4.69, 9.17) is 4.74 Å². The minimum atomic E-state index is -0.223. The van der Waals surface area contributed by atoms with E-state index >= 15 is 0 Å². The van der Waals surface area contributed by atoms with Crippen LogP contribution in [0.2, 0.25) is 0 Å². The van der Waals surface area contributed by atoms with Crippen LogP contribution in [0.3, 0.4) is 0 Å². The zero-order chi connectivity index (χ0) is 15.8. The van der Waals surface area contributed by atoms with Gasteiger partial charge in [-0.3, -0.25) is 0 Å². The topological polar surface area (TPSA) is 29.5 Å². The van der Waals surface area contributed by atoms with Gasteiger partial charge in [0, 0.05) is 11.2 Å². The maximum absolute atomic E-state index is 12.2. The second-order valence-electron chi connectivity index (χ2n) is 6.80. The van der Waals surface area contributed by atoms with Crippen molar-refractivity contribution in [2.24, 2.45) is 0 Å². The highest BCUT2D eigenvalue weighted by Crippen LogP contribution is 2.45. The summed E-state index contributed by atoms with van der Waals surface area (Å²) in [6.07, 6.45) is 1.79. The van der Waals surface area contributed by atoms with Crippen molar-refractivity contribution in [1.29, 1.82) is 0 Å². The minimum absolute atomic E-state index is 0.0590. The second-order valence-corrected chi connectivity index (χ2v) is 6.80. The molecule has 0 unspecified atom stereocenters. The number of ether oxygens (including phenoxy) is 1. The van der Waals surface area contributed by atoms with Gasteiger partial charge in [0.15, 0.2) is 0 Å². The standard InChI is InChI=1S/C18H27NO2/c1-7-15(17(20)21-6)19-16-9-8-12(2)10-14(16)13(3)11-18(19,4)5/h8-10,13,15H,7,11H2,1-6H3/t13-,15+/m0/s1. The zero-order valence-electron chi connectivity index (χ0n) is 14.1. The van der Waals surface area contributed by atoms with E-state index < -0.39 is 0 Å². The Balaban J connectivity index is 2.57. The van der Waals surface area contributed by atoms with Gasteiger partial charge in [0.25, 0.3) is 0 Å². The van der Waals surface area contributed by atoms with E-state index in [-0.39, 0.29) is 17.6 Å². The van der Waals surface area contributed by atoms with E-state index in [1.54, 1.807) is 0 Å². The molecule has 0 radical (unpaired) electrons. The van der Waals surface area contributed by atoms with Gasteiger partial charge in [-0.05, 0) is 51.2 Å². The van der Waals surface area contributed by atoms with Gasteiger partial charge in [-0.15, -0.1) is 0 Å². The first-order valence-corrected chi connectivity index (χ1v) is 7.79. The third kappa shape index (κ3) is 2.78.